The van der Waals surface area contributed by atoms with Crippen molar-refractivity contribution < 1.29 is 31.9 Å². The van der Waals surface area contributed by atoms with E-state index in [-0.39, 0.29) is 11.4 Å². The Morgan fingerprint density at radius 1 is 1.04 bits per heavy atom. The summed E-state index contributed by atoms with van der Waals surface area (Å²) in [6.07, 6.45) is -4.74. The predicted molar refractivity (Wildman–Crippen MR) is 86.3 cm³/mol. The van der Waals surface area contributed by atoms with Gasteiger partial charge in [-0.25, -0.2) is 4.39 Å². The zero-order valence-electron chi connectivity index (χ0n) is 13.5. The first-order valence-corrected chi connectivity index (χ1v) is 7.32. The molecule has 2 aromatic rings. The quantitative estimate of drug-likeness (QED) is 0.787. The second-order valence-electron chi connectivity index (χ2n) is 5.23. The van der Waals surface area contributed by atoms with Crippen molar-refractivity contribution in [1.82, 2.24) is 0 Å². The van der Waals surface area contributed by atoms with Gasteiger partial charge >= 0.3 is 6.18 Å². The number of rotatable bonds is 5. The van der Waals surface area contributed by atoms with Crippen molar-refractivity contribution in [3.8, 4) is 5.75 Å². The molecule has 5 nitrogen and oxygen atoms in total. The van der Waals surface area contributed by atoms with E-state index in [1.807, 2.05) is 0 Å². The van der Waals surface area contributed by atoms with Gasteiger partial charge in [0.25, 0.3) is 5.91 Å². The van der Waals surface area contributed by atoms with Crippen LogP contribution in [0.15, 0.2) is 42.5 Å². The summed E-state index contributed by atoms with van der Waals surface area (Å²) in [5.74, 6) is -1.65. The second kappa shape index (κ2) is 7.85. The average molecular weight is 370 g/mol. The third-order valence-corrected chi connectivity index (χ3v) is 3.10. The summed E-state index contributed by atoms with van der Waals surface area (Å²) in [6, 6.07) is 7.79. The van der Waals surface area contributed by atoms with Gasteiger partial charge < -0.3 is 15.4 Å². The fourth-order valence-electron chi connectivity index (χ4n) is 2.03. The Bertz CT molecular complexity index is 805. The van der Waals surface area contributed by atoms with E-state index in [0.717, 1.165) is 31.2 Å². The number of anilines is 2. The fourth-order valence-corrected chi connectivity index (χ4v) is 2.03. The Balaban J connectivity index is 2.10. The molecule has 0 aliphatic heterocycles. The summed E-state index contributed by atoms with van der Waals surface area (Å²) >= 11 is 0. The third-order valence-electron chi connectivity index (χ3n) is 3.10. The molecule has 0 unspecified atom stereocenters. The van der Waals surface area contributed by atoms with Gasteiger partial charge in [0.1, 0.15) is 11.6 Å². The third kappa shape index (κ3) is 5.47. The number of ether oxygens (including phenoxy) is 1. The SMILES string of the molecule is CC(=O)Nc1ccc(NC(=O)COc2ccc(F)cc2)c(C(F)(F)F)c1. The number of benzene rings is 2. The van der Waals surface area contributed by atoms with E-state index in [2.05, 4.69) is 10.6 Å². The first-order valence-electron chi connectivity index (χ1n) is 7.32. The van der Waals surface area contributed by atoms with Gasteiger partial charge in [-0.1, -0.05) is 0 Å². The van der Waals surface area contributed by atoms with Crippen molar-refractivity contribution in [2.45, 2.75) is 13.1 Å². The lowest BCUT2D eigenvalue weighted by atomic mass is 10.1. The molecule has 0 saturated carbocycles. The maximum Gasteiger partial charge on any atom is 0.418 e. The van der Waals surface area contributed by atoms with E-state index in [0.29, 0.717) is 0 Å². The number of nitrogens with one attached hydrogen (secondary N) is 2. The van der Waals surface area contributed by atoms with Gasteiger partial charge in [-0.3, -0.25) is 9.59 Å². The van der Waals surface area contributed by atoms with Gasteiger partial charge in [0.15, 0.2) is 6.61 Å². The van der Waals surface area contributed by atoms with Gasteiger partial charge in [-0.2, -0.15) is 13.2 Å². The van der Waals surface area contributed by atoms with Crippen molar-refractivity contribution >= 4 is 23.2 Å². The maximum atomic E-state index is 13.2. The van der Waals surface area contributed by atoms with E-state index in [4.69, 9.17) is 4.74 Å². The first-order chi connectivity index (χ1) is 12.1. The molecule has 0 aromatic heterocycles. The molecule has 0 radical (unpaired) electrons. The number of carbonyl (C=O) groups is 2. The lowest BCUT2D eigenvalue weighted by Gasteiger charge is -2.15. The van der Waals surface area contributed by atoms with E-state index in [9.17, 15) is 27.2 Å². The van der Waals surface area contributed by atoms with Crippen LogP contribution in [0.4, 0.5) is 28.9 Å². The maximum absolute atomic E-state index is 13.2. The number of amides is 2. The Morgan fingerprint density at radius 3 is 2.27 bits per heavy atom. The van der Waals surface area contributed by atoms with Crippen LogP contribution >= 0.6 is 0 Å². The zero-order valence-corrected chi connectivity index (χ0v) is 13.5. The Hall–Kier alpha value is -3.10. The van der Waals surface area contributed by atoms with Gasteiger partial charge in [0, 0.05) is 12.6 Å². The molecule has 26 heavy (non-hydrogen) atoms. The summed E-state index contributed by atoms with van der Waals surface area (Å²) in [7, 11) is 0. The Labute approximate surface area is 146 Å². The van der Waals surface area contributed by atoms with Crippen molar-refractivity contribution in [2.24, 2.45) is 0 Å². The monoisotopic (exact) mass is 370 g/mol. The first kappa shape index (κ1) is 19.2. The van der Waals surface area contributed by atoms with Crippen LogP contribution in [0.3, 0.4) is 0 Å². The predicted octanol–water partition coefficient (Wildman–Crippen LogP) is 3.82. The van der Waals surface area contributed by atoms with Gasteiger partial charge in [0.05, 0.1) is 11.3 Å². The Kier molecular flexibility index (Phi) is 5.81. The van der Waals surface area contributed by atoms with E-state index in [1.165, 1.54) is 18.2 Å². The molecule has 2 rings (SSSR count). The number of halogens is 4. The van der Waals surface area contributed by atoms with Crippen LogP contribution in [0.1, 0.15) is 12.5 Å². The normalized spacial score (nSPS) is 11.0. The minimum absolute atomic E-state index is 0.0506. The number of hydrogen-bond donors (Lipinski definition) is 2. The molecular weight excluding hydrogens is 356 g/mol. The lowest BCUT2D eigenvalue weighted by molar-refractivity contribution is -0.137. The highest BCUT2D eigenvalue weighted by atomic mass is 19.4. The number of carbonyl (C=O) groups excluding carboxylic acids is 2. The minimum Gasteiger partial charge on any atom is -0.484 e. The summed E-state index contributed by atoms with van der Waals surface area (Å²) in [5, 5.41) is 4.35. The molecule has 0 heterocycles. The number of alkyl halides is 3. The molecule has 9 heteroatoms. The van der Waals surface area contributed by atoms with E-state index in [1.54, 1.807) is 0 Å². The highest BCUT2D eigenvalue weighted by Crippen LogP contribution is 2.36. The van der Waals surface area contributed by atoms with Gasteiger partial charge in [-0.05, 0) is 42.5 Å². The molecule has 0 aliphatic carbocycles. The molecular formula is C17H14F4N2O3. The molecule has 2 amide bonds. The fraction of sp³-hybridized carbons (Fsp3) is 0.176. The van der Waals surface area contributed by atoms with Crippen LogP contribution in [0.2, 0.25) is 0 Å². The summed E-state index contributed by atoms with van der Waals surface area (Å²) in [4.78, 5) is 22.8. The molecule has 0 aliphatic rings. The molecule has 0 fully saturated rings. The van der Waals surface area contributed by atoms with Gasteiger partial charge in [-0.15, -0.1) is 0 Å². The minimum atomic E-state index is -4.74. The zero-order chi connectivity index (χ0) is 19.3. The van der Waals surface area contributed by atoms with Crippen LogP contribution in [-0.2, 0) is 15.8 Å². The van der Waals surface area contributed by atoms with Crippen LogP contribution < -0.4 is 15.4 Å². The summed E-state index contributed by atoms with van der Waals surface area (Å²) in [6.45, 7) is 0.603. The molecule has 0 spiro atoms. The van der Waals surface area contributed by atoms with Crippen LogP contribution in [0, 0.1) is 5.82 Å². The molecule has 0 atom stereocenters. The average Bonchev–Trinajstić information content (AvgIpc) is 2.54. The molecule has 138 valence electrons. The molecule has 0 bridgehead atoms. The number of hydrogen-bond acceptors (Lipinski definition) is 3. The highest BCUT2D eigenvalue weighted by molar-refractivity contribution is 5.94. The Morgan fingerprint density at radius 2 is 1.69 bits per heavy atom. The molecule has 2 aromatic carbocycles. The van der Waals surface area contributed by atoms with Gasteiger partial charge in [0.2, 0.25) is 5.91 Å². The van der Waals surface area contributed by atoms with Crippen molar-refractivity contribution in [3.05, 3.63) is 53.8 Å². The van der Waals surface area contributed by atoms with E-state index < -0.39 is 41.7 Å². The summed E-state index contributed by atoms with van der Waals surface area (Å²) in [5.41, 5.74) is -1.64. The molecule has 0 saturated heterocycles. The highest BCUT2D eigenvalue weighted by Gasteiger charge is 2.34. The summed E-state index contributed by atoms with van der Waals surface area (Å²) < 4.78 is 57.4. The van der Waals surface area contributed by atoms with Crippen LogP contribution in [0.5, 0.6) is 5.75 Å². The van der Waals surface area contributed by atoms with Crippen molar-refractivity contribution in [2.75, 3.05) is 17.2 Å². The largest absolute Gasteiger partial charge is 0.484 e. The van der Waals surface area contributed by atoms with Crippen LogP contribution in [-0.4, -0.2) is 18.4 Å². The molecule has 2 N–H and O–H groups in total. The van der Waals surface area contributed by atoms with Crippen molar-refractivity contribution in [1.29, 1.82) is 0 Å². The topological polar surface area (TPSA) is 67.4 Å². The second-order valence-corrected chi connectivity index (χ2v) is 5.23. The standard InChI is InChI=1S/C17H14F4N2O3/c1-10(24)22-12-4-7-15(14(8-12)17(19,20)21)23-16(25)9-26-13-5-2-11(18)3-6-13/h2-8H,9H2,1H3,(H,22,24)(H,23,25). The smallest absolute Gasteiger partial charge is 0.418 e. The lowest BCUT2D eigenvalue weighted by Crippen LogP contribution is -2.22. The van der Waals surface area contributed by atoms with E-state index >= 15 is 0 Å². The van der Waals surface area contributed by atoms with Crippen molar-refractivity contribution in [3.63, 3.8) is 0 Å². The van der Waals surface area contributed by atoms with Crippen LogP contribution in [0.25, 0.3) is 0 Å².